The highest BCUT2D eigenvalue weighted by Gasteiger charge is 2.14. The Bertz CT molecular complexity index is 714. The van der Waals surface area contributed by atoms with Gasteiger partial charge in [-0.2, -0.15) is 5.26 Å². The lowest BCUT2D eigenvalue weighted by Crippen LogP contribution is -1.94. The summed E-state index contributed by atoms with van der Waals surface area (Å²) >= 11 is 0. The highest BCUT2D eigenvalue weighted by Crippen LogP contribution is 2.31. The summed E-state index contributed by atoms with van der Waals surface area (Å²) in [5, 5.41) is 11.6. The Morgan fingerprint density at radius 3 is 2.44 bits per heavy atom. The normalized spacial score (nSPS) is 17.8. The van der Waals surface area contributed by atoms with Gasteiger partial charge in [0, 0.05) is 5.92 Å². The van der Waals surface area contributed by atoms with Crippen LogP contribution in [0.4, 0.5) is 0 Å². The molecule has 0 saturated carbocycles. The molecule has 0 radical (unpaired) electrons. The van der Waals surface area contributed by atoms with Crippen LogP contribution in [0.3, 0.4) is 0 Å². The molecule has 1 aliphatic carbocycles. The molecule has 0 amide bonds. The van der Waals surface area contributed by atoms with Gasteiger partial charge in [0.15, 0.2) is 0 Å². The summed E-state index contributed by atoms with van der Waals surface area (Å²) < 4.78 is 0. The van der Waals surface area contributed by atoms with Crippen LogP contribution in [0.25, 0.3) is 10.8 Å². The van der Waals surface area contributed by atoms with E-state index >= 15 is 0 Å². The average molecular weight is 231 g/mol. The first-order valence-corrected chi connectivity index (χ1v) is 6.07. The van der Waals surface area contributed by atoms with Crippen molar-refractivity contribution in [2.45, 2.75) is 12.8 Å². The van der Waals surface area contributed by atoms with Crippen molar-refractivity contribution in [3.8, 4) is 6.07 Å². The van der Waals surface area contributed by atoms with Crippen LogP contribution < -0.4 is 0 Å². The summed E-state index contributed by atoms with van der Waals surface area (Å²) in [6.07, 6.45) is 6.46. The lowest BCUT2D eigenvalue weighted by Gasteiger charge is -2.10. The lowest BCUT2D eigenvalue weighted by molar-refractivity contribution is 1.09. The minimum Gasteiger partial charge on any atom is -0.192 e. The van der Waals surface area contributed by atoms with Crippen LogP contribution in [0.1, 0.15) is 24.0 Å². The summed E-state index contributed by atoms with van der Waals surface area (Å²) in [6.45, 7) is 2.09. The highest BCUT2D eigenvalue weighted by molar-refractivity contribution is 5.85. The van der Waals surface area contributed by atoms with Crippen molar-refractivity contribution >= 4 is 10.8 Å². The maximum atomic E-state index is 9.31. The molecule has 1 atom stereocenters. The molecular formula is C17H13N. The van der Waals surface area contributed by atoms with Gasteiger partial charge >= 0.3 is 0 Å². The molecule has 0 bridgehead atoms. The van der Waals surface area contributed by atoms with Crippen LogP contribution in [0.5, 0.6) is 0 Å². The Hall–Kier alpha value is -2.33. The number of allylic oxidation sites excluding steroid dienone is 4. The first-order chi connectivity index (χ1) is 8.78. The van der Waals surface area contributed by atoms with Gasteiger partial charge in [-0.1, -0.05) is 48.1 Å². The Balaban J connectivity index is 2.22. The third-order valence-corrected chi connectivity index (χ3v) is 3.41. The zero-order valence-corrected chi connectivity index (χ0v) is 10.2. The SMILES string of the molecule is CC1=CC(c2cc3ccccc3cc2C#N)C=C1. The first-order valence-electron chi connectivity index (χ1n) is 6.07. The predicted molar refractivity (Wildman–Crippen MR) is 74.3 cm³/mol. The standard InChI is InChI=1S/C17H13N/c1-12-6-7-15(8-12)17-10-14-5-3-2-4-13(14)9-16(17)11-18/h2-10,15H,1H3. The van der Waals surface area contributed by atoms with Gasteiger partial charge in [0.2, 0.25) is 0 Å². The molecule has 18 heavy (non-hydrogen) atoms. The van der Waals surface area contributed by atoms with Crippen molar-refractivity contribution in [1.29, 1.82) is 5.26 Å². The molecule has 0 aromatic heterocycles. The molecule has 1 nitrogen and oxygen atoms in total. The van der Waals surface area contributed by atoms with Crippen LogP contribution in [-0.4, -0.2) is 0 Å². The monoisotopic (exact) mass is 231 g/mol. The second-order valence-corrected chi connectivity index (χ2v) is 4.69. The quantitative estimate of drug-likeness (QED) is 0.717. The smallest absolute Gasteiger partial charge is 0.0995 e. The average Bonchev–Trinajstić information content (AvgIpc) is 2.83. The van der Waals surface area contributed by atoms with Gasteiger partial charge in [0.25, 0.3) is 0 Å². The van der Waals surface area contributed by atoms with Crippen molar-refractivity contribution in [2.24, 2.45) is 0 Å². The van der Waals surface area contributed by atoms with E-state index in [1.807, 2.05) is 24.3 Å². The van der Waals surface area contributed by atoms with E-state index in [-0.39, 0.29) is 5.92 Å². The summed E-state index contributed by atoms with van der Waals surface area (Å²) in [5.74, 6) is 0.240. The Labute approximate surface area is 107 Å². The van der Waals surface area contributed by atoms with Gasteiger partial charge in [0.05, 0.1) is 11.6 Å². The van der Waals surface area contributed by atoms with Crippen LogP contribution in [0.15, 0.2) is 60.2 Å². The van der Waals surface area contributed by atoms with Gasteiger partial charge in [-0.15, -0.1) is 0 Å². The summed E-state index contributed by atoms with van der Waals surface area (Å²) in [4.78, 5) is 0. The Morgan fingerprint density at radius 2 is 1.83 bits per heavy atom. The second-order valence-electron chi connectivity index (χ2n) is 4.69. The zero-order valence-electron chi connectivity index (χ0n) is 10.2. The molecule has 0 spiro atoms. The third-order valence-electron chi connectivity index (χ3n) is 3.41. The number of benzene rings is 2. The van der Waals surface area contributed by atoms with Gasteiger partial charge in [-0.25, -0.2) is 0 Å². The number of hydrogen-bond donors (Lipinski definition) is 0. The molecule has 0 aliphatic heterocycles. The predicted octanol–water partition coefficient (Wildman–Crippen LogP) is 4.31. The van der Waals surface area contributed by atoms with E-state index in [0.717, 1.165) is 16.5 Å². The Kier molecular flexibility index (Phi) is 2.50. The zero-order chi connectivity index (χ0) is 12.5. The number of fused-ring (bicyclic) bond motifs is 1. The molecule has 1 unspecified atom stereocenters. The number of hydrogen-bond acceptors (Lipinski definition) is 1. The fourth-order valence-corrected chi connectivity index (χ4v) is 2.47. The maximum absolute atomic E-state index is 9.31. The van der Waals surface area contributed by atoms with E-state index in [1.54, 1.807) is 0 Å². The molecule has 2 aromatic rings. The summed E-state index contributed by atoms with van der Waals surface area (Å²) in [5.41, 5.74) is 3.13. The van der Waals surface area contributed by atoms with E-state index in [9.17, 15) is 5.26 Å². The van der Waals surface area contributed by atoms with E-state index in [1.165, 1.54) is 11.0 Å². The van der Waals surface area contributed by atoms with E-state index in [4.69, 9.17) is 0 Å². The van der Waals surface area contributed by atoms with E-state index < -0.39 is 0 Å². The Morgan fingerprint density at radius 1 is 1.11 bits per heavy atom. The maximum Gasteiger partial charge on any atom is 0.0995 e. The van der Waals surface area contributed by atoms with Gasteiger partial charge in [-0.3, -0.25) is 0 Å². The lowest BCUT2D eigenvalue weighted by atomic mass is 9.92. The van der Waals surface area contributed by atoms with Crippen molar-refractivity contribution < 1.29 is 0 Å². The largest absolute Gasteiger partial charge is 0.192 e. The van der Waals surface area contributed by atoms with E-state index in [2.05, 4.69) is 43.4 Å². The molecule has 86 valence electrons. The molecule has 0 fully saturated rings. The molecule has 0 N–H and O–H groups in total. The molecule has 2 aromatic carbocycles. The number of rotatable bonds is 1. The topological polar surface area (TPSA) is 23.8 Å². The summed E-state index contributed by atoms with van der Waals surface area (Å²) in [6, 6.07) is 14.6. The van der Waals surface area contributed by atoms with Crippen LogP contribution in [0, 0.1) is 11.3 Å². The first kappa shape index (κ1) is 10.8. The fraction of sp³-hybridized carbons (Fsp3) is 0.118. The van der Waals surface area contributed by atoms with Crippen LogP contribution in [-0.2, 0) is 0 Å². The van der Waals surface area contributed by atoms with Gasteiger partial charge in [0.1, 0.15) is 0 Å². The second kappa shape index (κ2) is 4.16. The van der Waals surface area contributed by atoms with Gasteiger partial charge < -0.3 is 0 Å². The minimum absolute atomic E-state index is 0.240. The number of nitrogens with zero attached hydrogens (tertiary/aromatic N) is 1. The van der Waals surface area contributed by atoms with Crippen LogP contribution in [0.2, 0.25) is 0 Å². The van der Waals surface area contributed by atoms with E-state index in [0.29, 0.717) is 0 Å². The van der Waals surface area contributed by atoms with Crippen molar-refractivity contribution in [3.05, 3.63) is 71.3 Å². The fourth-order valence-electron chi connectivity index (χ4n) is 2.47. The van der Waals surface area contributed by atoms with Crippen molar-refractivity contribution in [1.82, 2.24) is 0 Å². The highest BCUT2D eigenvalue weighted by atomic mass is 14.3. The third kappa shape index (κ3) is 1.72. The summed E-state index contributed by atoms with van der Waals surface area (Å²) in [7, 11) is 0. The molecule has 1 heteroatoms. The van der Waals surface area contributed by atoms with Gasteiger partial charge in [-0.05, 0) is 35.4 Å². The molecule has 0 saturated heterocycles. The van der Waals surface area contributed by atoms with Crippen molar-refractivity contribution in [2.75, 3.05) is 0 Å². The van der Waals surface area contributed by atoms with Crippen LogP contribution >= 0.6 is 0 Å². The molecule has 0 heterocycles. The number of nitriles is 1. The van der Waals surface area contributed by atoms with Crippen molar-refractivity contribution in [3.63, 3.8) is 0 Å². The molecule has 3 rings (SSSR count). The molecule has 1 aliphatic rings. The minimum atomic E-state index is 0.240. The molecular weight excluding hydrogens is 218 g/mol.